The summed E-state index contributed by atoms with van der Waals surface area (Å²) in [6.45, 7) is 9.57. The Kier molecular flexibility index (Phi) is 10.5. The van der Waals surface area contributed by atoms with E-state index in [1.807, 2.05) is 0 Å². The van der Waals surface area contributed by atoms with Crippen molar-refractivity contribution in [3.8, 4) is 0 Å². The third kappa shape index (κ3) is 6.30. The fourth-order valence-electron chi connectivity index (χ4n) is 8.33. The van der Waals surface area contributed by atoms with E-state index in [9.17, 15) is 0 Å². The van der Waals surface area contributed by atoms with Crippen LogP contribution in [-0.4, -0.2) is 5.92 Å². The van der Waals surface area contributed by atoms with Gasteiger partial charge in [0.1, 0.15) is 0 Å². The molecule has 0 saturated heterocycles. The molecule has 0 amide bonds. The molecule has 0 spiro atoms. The molecule has 4 heteroatoms. The second kappa shape index (κ2) is 14.3. The van der Waals surface area contributed by atoms with Crippen LogP contribution in [0, 0.1) is 0 Å². The maximum atomic E-state index is 8.73. The molecule has 0 nitrogen and oxygen atoms in total. The van der Waals surface area contributed by atoms with Gasteiger partial charge in [-0.05, 0) is 0 Å². The summed E-state index contributed by atoms with van der Waals surface area (Å²) in [5.41, 5.74) is 14.1. The monoisotopic (exact) mass is 741 g/mol. The SMILES string of the molecule is CCCCC1=Cc2c(Cc3ccccc3)cccc2[CH]1[Zr]([Cl])([Cl])([CH]1C(CCCC)=Cc2c(Cc3ccccc3)cccc21)[SiH](C)C. The molecule has 2 aliphatic rings. The summed E-state index contributed by atoms with van der Waals surface area (Å²) in [5, 5.41) is 0. The Labute approximate surface area is 286 Å². The van der Waals surface area contributed by atoms with Gasteiger partial charge >= 0.3 is 289 Å². The van der Waals surface area contributed by atoms with Crippen LogP contribution in [-0.2, 0) is 28.4 Å². The fourth-order valence-corrected chi connectivity index (χ4v) is 39.8. The first-order valence-electron chi connectivity index (χ1n) is 17.6. The van der Waals surface area contributed by atoms with E-state index in [-0.39, 0.29) is 7.25 Å². The molecule has 2 unspecified atom stereocenters. The number of hydrogen-bond donors (Lipinski definition) is 0. The summed E-state index contributed by atoms with van der Waals surface area (Å²) in [5.74, 6) is -1.59. The van der Waals surface area contributed by atoms with E-state index in [0.29, 0.717) is 0 Å². The summed E-state index contributed by atoms with van der Waals surface area (Å²) >= 11 is -4.78. The zero-order chi connectivity index (χ0) is 32.3. The molecule has 0 bridgehead atoms. The average Bonchev–Trinajstić information content (AvgIpc) is 3.65. The van der Waals surface area contributed by atoms with E-state index in [4.69, 9.17) is 17.0 Å². The number of unbranched alkanes of at least 4 members (excludes halogenated alkanes) is 2. The van der Waals surface area contributed by atoms with Gasteiger partial charge in [-0.2, -0.15) is 0 Å². The maximum absolute atomic E-state index is 8.73. The molecule has 0 heterocycles. The van der Waals surface area contributed by atoms with Gasteiger partial charge in [-0.1, -0.05) is 0 Å². The number of rotatable bonds is 13. The molecule has 0 aromatic heterocycles. The first-order valence-corrected chi connectivity index (χ1v) is 33.9. The minimum absolute atomic E-state index is 0.160. The molecule has 4 aromatic carbocycles. The van der Waals surface area contributed by atoms with Crippen LogP contribution in [0.25, 0.3) is 12.2 Å². The van der Waals surface area contributed by atoms with Crippen molar-refractivity contribution < 1.29 is 15.6 Å². The van der Waals surface area contributed by atoms with Crippen molar-refractivity contribution in [3.63, 3.8) is 0 Å². The molecule has 239 valence electrons. The van der Waals surface area contributed by atoms with E-state index in [0.717, 1.165) is 25.7 Å². The first-order chi connectivity index (χ1) is 22.3. The predicted molar refractivity (Wildman–Crippen MR) is 202 cm³/mol. The first kappa shape index (κ1) is 33.9. The van der Waals surface area contributed by atoms with Crippen molar-refractivity contribution in [3.05, 3.63) is 153 Å². The van der Waals surface area contributed by atoms with Gasteiger partial charge in [-0.25, -0.2) is 0 Å². The van der Waals surface area contributed by atoms with Crippen molar-refractivity contribution >= 4 is 35.1 Å². The van der Waals surface area contributed by atoms with Crippen molar-refractivity contribution in [2.45, 2.75) is 85.6 Å². The molecule has 0 aliphatic heterocycles. The van der Waals surface area contributed by atoms with Crippen LogP contribution in [0.3, 0.4) is 0 Å². The Bertz CT molecular complexity index is 1620. The Morgan fingerprint density at radius 3 is 1.35 bits per heavy atom. The molecule has 0 N–H and O–H groups in total. The molecule has 2 atom stereocenters. The van der Waals surface area contributed by atoms with Gasteiger partial charge in [0.2, 0.25) is 0 Å². The van der Waals surface area contributed by atoms with Crippen molar-refractivity contribution in [1.82, 2.24) is 0 Å². The van der Waals surface area contributed by atoms with Crippen LogP contribution >= 0.6 is 17.0 Å². The Hall–Kier alpha value is -1.96. The van der Waals surface area contributed by atoms with E-state index < -0.39 is 21.5 Å². The standard InChI is InChI=1S/2C20H21.C2H7Si.2ClH.Zr/c2*1-2-3-8-17-14-19-12-7-11-18(20(19)15-17)13-16-9-5-4-6-10-16;1-3-2;;;/h2*4-7,9-12,14-15H,2-3,8,13H2,1H3;3H,1-2H3;2*1H;/q;;;;;+2/p-2. The van der Waals surface area contributed by atoms with Crippen LogP contribution in [0.15, 0.2) is 108 Å². The zero-order valence-electron chi connectivity index (χ0n) is 28.0. The Morgan fingerprint density at radius 1 is 0.565 bits per heavy atom. The number of benzene rings is 4. The summed E-state index contributed by atoms with van der Waals surface area (Å²) < 4.78 is 0.319. The van der Waals surface area contributed by atoms with Crippen LogP contribution in [0.4, 0.5) is 0 Å². The third-order valence-electron chi connectivity index (χ3n) is 10.8. The van der Waals surface area contributed by atoms with Gasteiger partial charge in [0.25, 0.3) is 0 Å². The van der Waals surface area contributed by atoms with Gasteiger partial charge in [0.05, 0.1) is 0 Å². The number of halogens is 2. The molecular formula is C42H49Cl2SiZr. The molecule has 2 aliphatic carbocycles. The van der Waals surface area contributed by atoms with Gasteiger partial charge < -0.3 is 0 Å². The van der Waals surface area contributed by atoms with Crippen LogP contribution in [0.1, 0.15) is 104 Å². The number of allylic oxidation sites excluding steroid dienone is 2. The summed E-state index contributed by atoms with van der Waals surface area (Å²) in [6, 6.07) is 35.8. The van der Waals surface area contributed by atoms with Crippen molar-refractivity contribution in [1.29, 1.82) is 0 Å². The van der Waals surface area contributed by atoms with Crippen LogP contribution < -0.4 is 0 Å². The summed E-state index contributed by atoms with van der Waals surface area (Å²) in [6.07, 6.45) is 13.8. The quantitative estimate of drug-likeness (QED) is 0.120. The fraction of sp³-hybridized carbons (Fsp3) is 0.333. The third-order valence-corrected chi connectivity index (χ3v) is 62.7. The molecule has 0 fully saturated rings. The minimum atomic E-state index is -4.78. The molecule has 4 aromatic rings. The second-order valence-electron chi connectivity index (χ2n) is 14.1. The Morgan fingerprint density at radius 2 is 0.978 bits per heavy atom. The van der Waals surface area contributed by atoms with Gasteiger partial charge in [-0.15, -0.1) is 0 Å². The van der Waals surface area contributed by atoms with Crippen molar-refractivity contribution in [2.75, 3.05) is 0 Å². The average molecular weight is 744 g/mol. The van der Waals surface area contributed by atoms with E-state index in [1.54, 1.807) is 0 Å². The summed E-state index contributed by atoms with van der Waals surface area (Å²) in [7, 11) is 17.5. The Balaban J connectivity index is 1.52. The topological polar surface area (TPSA) is 0 Å². The predicted octanol–water partition coefficient (Wildman–Crippen LogP) is 12.8. The molecule has 0 saturated carbocycles. The number of hydrogen-bond acceptors (Lipinski definition) is 0. The second-order valence-corrected chi connectivity index (χ2v) is 56.6. The molecule has 6 rings (SSSR count). The van der Waals surface area contributed by atoms with Crippen LogP contribution in [0.2, 0.25) is 13.1 Å². The normalized spacial score (nSPS) is 18.1. The van der Waals surface area contributed by atoms with E-state index in [2.05, 4.69) is 136 Å². The number of fused-ring (bicyclic) bond motifs is 2. The molecule has 0 radical (unpaired) electrons. The van der Waals surface area contributed by atoms with E-state index in [1.165, 1.54) is 81.3 Å². The molecule has 46 heavy (non-hydrogen) atoms. The van der Waals surface area contributed by atoms with Gasteiger partial charge in [0, 0.05) is 0 Å². The molecular weight excluding hydrogens is 695 g/mol. The van der Waals surface area contributed by atoms with Crippen LogP contribution in [0.5, 0.6) is 0 Å². The van der Waals surface area contributed by atoms with Gasteiger partial charge in [-0.3, -0.25) is 0 Å². The zero-order valence-corrected chi connectivity index (χ0v) is 33.2. The van der Waals surface area contributed by atoms with Crippen molar-refractivity contribution in [2.24, 2.45) is 0 Å². The van der Waals surface area contributed by atoms with Gasteiger partial charge in [0.15, 0.2) is 0 Å². The summed E-state index contributed by atoms with van der Waals surface area (Å²) in [4.78, 5) is 0. The van der Waals surface area contributed by atoms with E-state index >= 15 is 0 Å².